The van der Waals surface area contributed by atoms with Gasteiger partial charge in [0.2, 0.25) is 11.8 Å². The summed E-state index contributed by atoms with van der Waals surface area (Å²) in [6.07, 6.45) is 0. The number of carbonyl (C=O) groups excluding carboxylic acids is 2. The minimum absolute atomic E-state index is 0.0235. The molecule has 6 nitrogen and oxygen atoms in total. The van der Waals surface area contributed by atoms with Gasteiger partial charge in [0.05, 0.1) is 23.2 Å². The molecule has 2 rings (SSSR count). The van der Waals surface area contributed by atoms with E-state index in [0.29, 0.717) is 5.13 Å². The van der Waals surface area contributed by atoms with E-state index in [0.717, 1.165) is 10.6 Å². The maximum atomic E-state index is 11.8. The highest BCUT2D eigenvalue weighted by Gasteiger charge is 2.18. The van der Waals surface area contributed by atoms with Crippen molar-refractivity contribution in [3.63, 3.8) is 0 Å². The number of rotatable bonds is 6. The van der Waals surface area contributed by atoms with E-state index in [1.807, 2.05) is 36.7 Å². The van der Waals surface area contributed by atoms with Crippen LogP contribution in [0, 0.1) is 5.92 Å². The van der Waals surface area contributed by atoms with Crippen molar-refractivity contribution in [1.29, 1.82) is 0 Å². The monoisotopic (exact) mass is 338 g/mol. The van der Waals surface area contributed by atoms with Gasteiger partial charge in [0.15, 0.2) is 5.13 Å². The SMILES string of the molecule is CC(C)[C@H](N)C(=O)NCC(=O)Nc1nc(-c2cccs2)cs1. The van der Waals surface area contributed by atoms with Crippen LogP contribution in [0.2, 0.25) is 0 Å². The fraction of sp³-hybridized carbons (Fsp3) is 0.357. The molecule has 0 bridgehead atoms. The van der Waals surface area contributed by atoms with Crippen molar-refractivity contribution in [3.8, 4) is 10.6 Å². The number of aromatic nitrogens is 1. The number of amides is 2. The zero-order valence-corrected chi connectivity index (χ0v) is 14.0. The van der Waals surface area contributed by atoms with E-state index in [9.17, 15) is 9.59 Å². The largest absolute Gasteiger partial charge is 0.346 e. The van der Waals surface area contributed by atoms with E-state index >= 15 is 0 Å². The maximum absolute atomic E-state index is 11.8. The summed E-state index contributed by atoms with van der Waals surface area (Å²) in [6, 6.07) is 3.31. The number of nitrogens with one attached hydrogen (secondary N) is 2. The first-order valence-electron chi connectivity index (χ1n) is 6.80. The molecule has 1 atom stereocenters. The van der Waals surface area contributed by atoms with Crippen LogP contribution in [-0.2, 0) is 9.59 Å². The van der Waals surface area contributed by atoms with Crippen molar-refractivity contribution < 1.29 is 9.59 Å². The summed E-state index contributed by atoms with van der Waals surface area (Å²) in [5.74, 6) is -0.629. The molecular weight excluding hydrogens is 320 g/mol. The number of carbonyl (C=O) groups is 2. The van der Waals surface area contributed by atoms with E-state index in [4.69, 9.17) is 5.73 Å². The molecule has 2 aromatic heterocycles. The molecule has 0 saturated carbocycles. The summed E-state index contributed by atoms with van der Waals surface area (Å²) in [5, 5.41) is 9.55. The summed E-state index contributed by atoms with van der Waals surface area (Å²) in [5.41, 5.74) is 6.54. The van der Waals surface area contributed by atoms with Crippen molar-refractivity contribution >= 4 is 39.6 Å². The van der Waals surface area contributed by atoms with E-state index in [2.05, 4.69) is 15.6 Å². The molecule has 2 amide bonds. The molecule has 2 aromatic rings. The Morgan fingerprint density at radius 1 is 1.36 bits per heavy atom. The predicted octanol–water partition coefficient (Wildman–Crippen LogP) is 1.91. The van der Waals surface area contributed by atoms with Crippen LogP contribution in [0.1, 0.15) is 13.8 Å². The van der Waals surface area contributed by atoms with Crippen molar-refractivity contribution in [2.75, 3.05) is 11.9 Å². The highest BCUT2D eigenvalue weighted by Crippen LogP contribution is 2.28. The van der Waals surface area contributed by atoms with Crippen LogP contribution in [-0.4, -0.2) is 29.4 Å². The van der Waals surface area contributed by atoms with Crippen LogP contribution in [0.25, 0.3) is 10.6 Å². The molecule has 0 fully saturated rings. The lowest BCUT2D eigenvalue weighted by Crippen LogP contribution is -2.46. The first-order chi connectivity index (χ1) is 10.5. The van der Waals surface area contributed by atoms with E-state index in [-0.39, 0.29) is 24.3 Å². The Morgan fingerprint density at radius 3 is 2.77 bits per heavy atom. The highest BCUT2D eigenvalue weighted by molar-refractivity contribution is 7.16. The Morgan fingerprint density at radius 2 is 2.14 bits per heavy atom. The number of hydrogen-bond donors (Lipinski definition) is 3. The van der Waals surface area contributed by atoms with Gasteiger partial charge < -0.3 is 16.4 Å². The van der Waals surface area contributed by atoms with Gasteiger partial charge in [-0.2, -0.15) is 0 Å². The Bertz CT molecular complexity index is 637. The van der Waals surface area contributed by atoms with Gasteiger partial charge in [-0.1, -0.05) is 19.9 Å². The third-order valence-electron chi connectivity index (χ3n) is 2.97. The van der Waals surface area contributed by atoms with E-state index in [1.165, 1.54) is 11.3 Å². The molecule has 0 aliphatic rings. The third-order valence-corrected chi connectivity index (χ3v) is 4.62. The van der Waals surface area contributed by atoms with Crippen LogP contribution in [0.5, 0.6) is 0 Å². The Kier molecular flexibility index (Phi) is 5.64. The second-order valence-corrected chi connectivity index (χ2v) is 6.86. The maximum Gasteiger partial charge on any atom is 0.245 e. The fourth-order valence-electron chi connectivity index (χ4n) is 1.62. The normalized spacial score (nSPS) is 12.2. The Hall–Kier alpha value is -1.77. The summed E-state index contributed by atoms with van der Waals surface area (Å²) in [7, 11) is 0. The quantitative estimate of drug-likeness (QED) is 0.749. The van der Waals surface area contributed by atoms with Crippen molar-refractivity contribution in [2.45, 2.75) is 19.9 Å². The van der Waals surface area contributed by atoms with Gasteiger partial charge in [-0.15, -0.1) is 22.7 Å². The van der Waals surface area contributed by atoms with Crippen LogP contribution in [0.4, 0.5) is 5.13 Å². The number of thiazole rings is 1. The molecule has 0 aromatic carbocycles. The van der Waals surface area contributed by atoms with Crippen LogP contribution < -0.4 is 16.4 Å². The first kappa shape index (κ1) is 16.6. The second-order valence-electron chi connectivity index (χ2n) is 5.05. The zero-order valence-electron chi connectivity index (χ0n) is 12.3. The fourth-order valence-corrected chi connectivity index (χ4v) is 3.11. The molecule has 0 unspecified atom stereocenters. The second kappa shape index (κ2) is 7.48. The molecular formula is C14H18N4O2S2. The predicted molar refractivity (Wildman–Crippen MR) is 89.9 cm³/mol. The molecule has 0 aliphatic carbocycles. The van der Waals surface area contributed by atoms with Gasteiger partial charge in [0.25, 0.3) is 0 Å². The molecule has 0 aliphatic heterocycles. The zero-order chi connectivity index (χ0) is 16.1. The molecule has 0 radical (unpaired) electrons. The summed E-state index contributed by atoms with van der Waals surface area (Å²) in [4.78, 5) is 28.9. The molecule has 22 heavy (non-hydrogen) atoms. The number of hydrogen-bond acceptors (Lipinski definition) is 6. The molecule has 0 saturated heterocycles. The van der Waals surface area contributed by atoms with Crippen LogP contribution >= 0.6 is 22.7 Å². The Labute approximate surface area is 136 Å². The van der Waals surface area contributed by atoms with Gasteiger partial charge in [-0.3, -0.25) is 9.59 Å². The van der Waals surface area contributed by atoms with Gasteiger partial charge in [-0.05, 0) is 17.4 Å². The average molecular weight is 338 g/mol. The van der Waals surface area contributed by atoms with Gasteiger partial charge in [-0.25, -0.2) is 4.98 Å². The molecule has 0 spiro atoms. The summed E-state index contributed by atoms with van der Waals surface area (Å²) < 4.78 is 0. The van der Waals surface area contributed by atoms with Gasteiger partial charge in [0.1, 0.15) is 0 Å². The van der Waals surface area contributed by atoms with Crippen molar-refractivity contribution in [1.82, 2.24) is 10.3 Å². The van der Waals surface area contributed by atoms with Gasteiger partial charge in [0, 0.05) is 5.38 Å². The average Bonchev–Trinajstić information content (AvgIpc) is 3.14. The number of thiophene rings is 1. The number of anilines is 1. The lowest BCUT2D eigenvalue weighted by Gasteiger charge is -2.14. The highest BCUT2D eigenvalue weighted by atomic mass is 32.1. The number of nitrogens with zero attached hydrogens (tertiary/aromatic N) is 1. The third kappa shape index (κ3) is 4.36. The minimum Gasteiger partial charge on any atom is -0.346 e. The minimum atomic E-state index is -0.613. The van der Waals surface area contributed by atoms with Gasteiger partial charge >= 0.3 is 0 Å². The molecule has 8 heteroatoms. The lowest BCUT2D eigenvalue weighted by molar-refractivity contribution is -0.125. The summed E-state index contributed by atoms with van der Waals surface area (Å²) in [6.45, 7) is 3.59. The van der Waals surface area contributed by atoms with Crippen LogP contribution in [0.3, 0.4) is 0 Å². The summed E-state index contributed by atoms with van der Waals surface area (Å²) >= 11 is 2.94. The standard InChI is InChI=1S/C14H18N4O2S2/c1-8(2)12(15)13(20)16-6-11(19)18-14-17-9(7-22-14)10-4-3-5-21-10/h3-5,7-8,12H,6,15H2,1-2H3,(H,16,20)(H,17,18,19)/t12-/m0/s1. The topological polar surface area (TPSA) is 97.1 Å². The smallest absolute Gasteiger partial charge is 0.245 e. The van der Waals surface area contributed by atoms with Crippen molar-refractivity contribution in [2.24, 2.45) is 11.7 Å². The lowest BCUT2D eigenvalue weighted by atomic mass is 10.1. The van der Waals surface area contributed by atoms with Crippen molar-refractivity contribution in [3.05, 3.63) is 22.9 Å². The van der Waals surface area contributed by atoms with E-state index in [1.54, 1.807) is 11.3 Å². The molecule has 118 valence electrons. The number of nitrogens with two attached hydrogens (primary N) is 1. The first-order valence-corrected chi connectivity index (χ1v) is 8.56. The van der Waals surface area contributed by atoms with Crippen LogP contribution in [0.15, 0.2) is 22.9 Å². The Balaban J connectivity index is 1.84. The molecule has 4 N–H and O–H groups in total. The van der Waals surface area contributed by atoms with E-state index < -0.39 is 6.04 Å². The molecule has 2 heterocycles.